The first-order valence-electron chi connectivity index (χ1n) is 6.52. The summed E-state index contributed by atoms with van der Waals surface area (Å²) in [7, 11) is 0. The lowest BCUT2D eigenvalue weighted by atomic mass is 10.2. The van der Waals surface area contributed by atoms with Crippen LogP contribution in [0.5, 0.6) is 5.75 Å². The third-order valence-corrected chi connectivity index (χ3v) is 3.19. The van der Waals surface area contributed by atoms with Crippen LogP contribution in [0.25, 0.3) is 6.08 Å². The number of benzene rings is 2. The summed E-state index contributed by atoms with van der Waals surface area (Å²) in [6, 6.07) is 11.0. The minimum absolute atomic E-state index is 0.00801. The number of hydrogen-bond donors (Lipinski definition) is 1. The van der Waals surface area contributed by atoms with E-state index >= 15 is 0 Å². The molecular formula is C16H12ClNO5. The molecule has 2 rings (SSSR count). The number of non-ortho nitro benzene ring substituents is 1. The van der Waals surface area contributed by atoms with Crippen LogP contribution in [-0.4, -0.2) is 16.0 Å². The Balaban J connectivity index is 2.07. The molecule has 0 spiro atoms. The molecule has 0 amide bonds. The number of rotatable bonds is 6. The topological polar surface area (TPSA) is 89.7 Å². The van der Waals surface area contributed by atoms with Gasteiger partial charge in [0, 0.05) is 18.2 Å². The second-order valence-corrected chi connectivity index (χ2v) is 4.98. The van der Waals surface area contributed by atoms with E-state index in [1.807, 2.05) is 0 Å². The molecule has 0 bridgehead atoms. The van der Waals surface area contributed by atoms with Gasteiger partial charge in [0.1, 0.15) is 12.4 Å². The Morgan fingerprint density at radius 1 is 1.30 bits per heavy atom. The van der Waals surface area contributed by atoms with Crippen LogP contribution < -0.4 is 4.74 Å². The van der Waals surface area contributed by atoms with E-state index in [4.69, 9.17) is 21.4 Å². The summed E-state index contributed by atoms with van der Waals surface area (Å²) < 4.78 is 5.54. The van der Waals surface area contributed by atoms with Crippen molar-refractivity contribution in [3.8, 4) is 5.75 Å². The first-order valence-corrected chi connectivity index (χ1v) is 6.90. The Morgan fingerprint density at radius 2 is 2.09 bits per heavy atom. The molecule has 0 aliphatic carbocycles. The van der Waals surface area contributed by atoms with Gasteiger partial charge in [-0.25, -0.2) is 4.79 Å². The zero-order chi connectivity index (χ0) is 16.8. The van der Waals surface area contributed by atoms with Gasteiger partial charge in [0.05, 0.1) is 9.95 Å². The van der Waals surface area contributed by atoms with Gasteiger partial charge < -0.3 is 9.84 Å². The van der Waals surface area contributed by atoms with E-state index in [0.29, 0.717) is 21.9 Å². The van der Waals surface area contributed by atoms with Crippen molar-refractivity contribution in [1.29, 1.82) is 0 Å². The van der Waals surface area contributed by atoms with Gasteiger partial charge in [0.15, 0.2) is 0 Å². The first kappa shape index (κ1) is 16.5. The van der Waals surface area contributed by atoms with E-state index in [0.717, 1.165) is 6.08 Å². The fourth-order valence-electron chi connectivity index (χ4n) is 1.83. The standard InChI is InChI=1S/C16H12ClNO5/c17-14-9-11(5-7-16(19)20)4-6-15(14)23-10-12-2-1-3-13(8-12)18(21)22/h1-9H,10H2,(H,19,20)/b7-5+. The molecule has 0 heterocycles. The van der Waals surface area contributed by atoms with Crippen LogP contribution in [0.1, 0.15) is 11.1 Å². The third-order valence-electron chi connectivity index (χ3n) is 2.89. The molecule has 0 fully saturated rings. The third kappa shape index (κ3) is 4.82. The van der Waals surface area contributed by atoms with Gasteiger partial charge in [0.25, 0.3) is 5.69 Å². The number of carbonyl (C=O) groups is 1. The van der Waals surface area contributed by atoms with Crippen LogP contribution in [0, 0.1) is 10.1 Å². The van der Waals surface area contributed by atoms with Crippen molar-refractivity contribution in [2.24, 2.45) is 0 Å². The lowest BCUT2D eigenvalue weighted by molar-refractivity contribution is -0.384. The smallest absolute Gasteiger partial charge is 0.328 e. The molecule has 0 aliphatic heterocycles. The maximum atomic E-state index is 10.7. The molecular weight excluding hydrogens is 322 g/mol. The van der Waals surface area contributed by atoms with E-state index in [9.17, 15) is 14.9 Å². The van der Waals surface area contributed by atoms with Gasteiger partial charge >= 0.3 is 5.97 Å². The monoisotopic (exact) mass is 333 g/mol. The van der Waals surface area contributed by atoms with Crippen molar-refractivity contribution >= 4 is 29.3 Å². The van der Waals surface area contributed by atoms with Gasteiger partial charge in [-0.05, 0) is 29.3 Å². The van der Waals surface area contributed by atoms with E-state index in [-0.39, 0.29) is 12.3 Å². The first-order chi connectivity index (χ1) is 11.0. The Labute approximate surface area is 136 Å². The molecule has 7 heteroatoms. The second-order valence-electron chi connectivity index (χ2n) is 4.58. The average molecular weight is 334 g/mol. The quantitative estimate of drug-likeness (QED) is 0.491. The van der Waals surface area contributed by atoms with Crippen molar-refractivity contribution in [3.05, 3.63) is 74.8 Å². The molecule has 2 aromatic carbocycles. The predicted octanol–water partition coefficient (Wildman–Crippen LogP) is 3.93. The number of aliphatic carboxylic acids is 1. The Bertz CT molecular complexity index is 773. The molecule has 23 heavy (non-hydrogen) atoms. The fraction of sp³-hybridized carbons (Fsp3) is 0.0625. The molecule has 0 saturated carbocycles. The van der Waals surface area contributed by atoms with E-state index in [1.54, 1.807) is 30.3 Å². The molecule has 6 nitrogen and oxygen atoms in total. The van der Waals surface area contributed by atoms with Gasteiger partial charge in [-0.2, -0.15) is 0 Å². The van der Waals surface area contributed by atoms with Crippen LogP contribution in [0.4, 0.5) is 5.69 Å². The van der Waals surface area contributed by atoms with Crippen LogP contribution >= 0.6 is 11.6 Å². The van der Waals surface area contributed by atoms with E-state index < -0.39 is 10.9 Å². The largest absolute Gasteiger partial charge is 0.487 e. The Kier molecular flexibility index (Phi) is 5.32. The summed E-state index contributed by atoms with van der Waals surface area (Å²) in [4.78, 5) is 20.7. The number of carboxylic acid groups (broad SMARTS) is 1. The molecule has 0 radical (unpaired) electrons. The van der Waals surface area contributed by atoms with Gasteiger partial charge in [-0.3, -0.25) is 10.1 Å². The molecule has 118 valence electrons. The normalized spacial score (nSPS) is 10.7. The number of hydrogen-bond acceptors (Lipinski definition) is 4. The van der Waals surface area contributed by atoms with Crippen molar-refractivity contribution in [2.75, 3.05) is 0 Å². The van der Waals surface area contributed by atoms with Crippen molar-refractivity contribution < 1.29 is 19.6 Å². The molecule has 0 atom stereocenters. The molecule has 1 N–H and O–H groups in total. The SMILES string of the molecule is O=C(O)/C=C/c1ccc(OCc2cccc([N+](=O)[O-])c2)c(Cl)c1. The van der Waals surface area contributed by atoms with Gasteiger partial charge in [0.2, 0.25) is 0 Å². The zero-order valence-electron chi connectivity index (χ0n) is 11.8. The van der Waals surface area contributed by atoms with Crippen LogP contribution in [-0.2, 0) is 11.4 Å². The van der Waals surface area contributed by atoms with Crippen LogP contribution in [0.3, 0.4) is 0 Å². The van der Waals surface area contributed by atoms with Crippen molar-refractivity contribution in [2.45, 2.75) is 6.61 Å². The Hall–Kier alpha value is -2.86. The lowest BCUT2D eigenvalue weighted by Gasteiger charge is -2.08. The number of nitrogens with zero attached hydrogens (tertiary/aromatic N) is 1. The highest BCUT2D eigenvalue weighted by atomic mass is 35.5. The van der Waals surface area contributed by atoms with Crippen molar-refractivity contribution in [1.82, 2.24) is 0 Å². The maximum Gasteiger partial charge on any atom is 0.328 e. The maximum absolute atomic E-state index is 10.7. The van der Waals surface area contributed by atoms with E-state index in [2.05, 4.69) is 0 Å². The molecule has 0 saturated heterocycles. The predicted molar refractivity (Wildman–Crippen MR) is 85.6 cm³/mol. The van der Waals surface area contributed by atoms with Crippen LogP contribution in [0.15, 0.2) is 48.5 Å². The number of nitro groups is 1. The summed E-state index contributed by atoms with van der Waals surface area (Å²) in [5, 5.41) is 19.6. The molecule has 0 unspecified atom stereocenters. The summed E-state index contributed by atoms with van der Waals surface area (Å²) in [6.07, 6.45) is 2.42. The molecule has 0 aromatic heterocycles. The number of halogens is 1. The molecule has 2 aromatic rings. The fourth-order valence-corrected chi connectivity index (χ4v) is 2.07. The van der Waals surface area contributed by atoms with Gasteiger partial charge in [-0.15, -0.1) is 0 Å². The minimum Gasteiger partial charge on any atom is -0.487 e. The van der Waals surface area contributed by atoms with Crippen LogP contribution in [0.2, 0.25) is 5.02 Å². The molecule has 0 aliphatic rings. The zero-order valence-corrected chi connectivity index (χ0v) is 12.6. The average Bonchev–Trinajstić information content (AvgIpc) is 2.52. The Morgan fingerprint density at radius 3 is 2.74 bits per heavy atom. The number of nitro benzene ring substituents is 1. The van der Waals surface area contributed by atoms with Gasteiger partial charge in [-0.1, -0.05) is 29.8 Å². The summed E-state index contributed by atoms with van der Waals surface area (Å²) in [5.74, 6) is -0.641. The highest BCUT2D eigenvalue weighted by Gasteiger charge is 2.07. The van der Waals surface area contributed by atoms with Crippen molar-refractivity contribution in [3.63, 3.8) is 0 Å². The highest BCUT2D eigenvalue weighted by molar-refractivity contribution is 6.32. The second kappa shape index (κ2) is 7.42. The minimum atomic E-state index is -1.05. The number of carboxylic acids is 1. The highest BCUT2D eigenvalue weighted by Crippen LogP contribution is 2.27. The summed E-state index contributed by atoms with van der Waals surface area (Å²) >= 11 is 6.08. The summed E-state index contributed by atoms with van der Waals surface area (Å²) in [5.41, 5.74) is 1.26. The lowest BCUT2D eigenvalue weighted by Crippen LogP contribution is -1.97. The van der Waals surface area contributed by atoms with E-state index in [1.165, 1.54) is 18.2 Å². The summed E-state index contributed by atoms with van der Waals surface area (Å²) in [6.45, 7) is 0.131. The number of ether oxygens (including phenoxy) is 1.